The van der Waals surface area contributed by atoms with Gasteiger partial charge in [-0.15, -0.1) is 0 Å². The quantitative estimate of drug-likeness (QED) is 0.630. The number of benzene rings is 1. The van der Waals surface area contributed by atoms with E-state index in [2.05, 4.69) is 5.32 Å². The number of hydrogen-bond donors (Lipinski definition) is 1. The molecule has 0 fully saturated rings. The Morgan fingerprint density at radius 1 is 1.47 bits per heavy atom. The van der Waals surface area contributed by atoms with Crippen LogP contribution in [-0.4, -0.2) is 19.1 Å². The summed E-state index contributed by atoms with van der Waals surface area (Å²) in [7, 11) is 0. The average molecular weight is 260 g/mol. The number of anilines is 1. The second-order valence-electron chi connectivity index (χ2n) is 3.59. The second kappa shape index (κ2) is 7.12. The minimum atomic E-state index is -0.445. The van der Waals surface area contributed by atoms with Crippen molar-refractivity contribution in [3.63, 3.8) is 0 Å². The topological polar surface area (TPSA) is 38.3 Å². The highest BCUT2D eigenvalue weighted by atomic mass is 35.5. The summed E-state index contributed by atoms with van der Waals surface area (Å²) in [5, 5.41) is 3.04. The Balaban J connectivity index is 2.36. The zero-order valence-electron chi connectivity index (χ0n) is 9.63. The first-order chi connectivity index (χ1) is 8.11. The summed E-state index contributed by atoms with van der Waals surface area (Å²) < 4.78 is 17.9. The van der Waals surface area contributed by atoms with Crippen molar-refractivity contribution in [2.45, 2.75) is 19.8 Å². The van der Waals surface area contributed by atoms with Gasteiger partial charge in [0.2, 0.25) is 0 Å². The van der Waals surface area contributed by atoms with E-state index in [4.69, 9.17) is 16.3 Å². The predicted octanol–water partition coefficient (Wildman–Crippen LogP) is 3.23. The maximum Gasteiger partial charge on any atom is 0.325 e. The molecule has 94 valence electrons. The number of ether oxygens (including phenoxy) is 1. The van der Waals surface area contributed by atoms with E-state index < -0.39 is 5.82 Å². The van der Waals surface area contributed by atoms with Crippen molar-refractivity contribution in [3.05, 3.63) is 29.0 Å². The molecule has 0 aliphatic carbocycles. The average Bonchev–Trinajstić information content (AvgIpc) is 2.25. The summed E-state index contributed by atoms with van der Waals surface area (Å²) in [6, 6.07) is 4.02. The molecule has 0 heterocycles. The lowest BCUT2D eigenvalue weighted by molar-refractivity contribution is -0.141. The van der Waals surface area contributed by atoms with Crippen molar-refractivity contribution in [2.75, 3.05) is 18.5 Å². The molecule has 0 radical (unpaired) electrons. The largest absolute Gasteiger partial charge is 0.464 e. The number of unbranched alkanes of at least 4 members (excludes halogenated alkanes) is 1. The summed E-state index contributed by atoms with van der Waals surface area (Å²) in [6.07, 6.45) is 1.82. The highest BCUT2D eigenvalue weighted by molar-refractivity contribution is 6.30. The van der Waals surface area contributed by atoms with E-state index >= 15 is 0 Å². The van der Waals surface area contributed by atoms with Gasteiger partial charge in [-0.1, -0.05) is 24.9 Å². The van der Waals surface area contributed by atoms with Crippen molar-refractivity contribution in [1.29, 1.82) is 0 Å². The smallest absolute Gasteiger partial charge is 0.325 e. The number of carbonyl (C=O) groups excluding carboxylic acids is 1. The minimum Gasteiger partial charge on any atom is -0.464 e. The molecule has 5 heteroatoms. The molecule has 1 aromatic rings. The number of nitrogens with one attached hydrogen (secondary N) is 1. The van der Waals surface area contributed by atoms with E-state index in [-0.39, 0.29) is 17.5 Å². The van der Waals surface area contributed by atoms with Crippen LogP contribution in [0.15, 0.2) is 18.2 Å². The van der Waals surface area contributed by atoms with Gasteiger partial charge in [0.15, 0.2) is 0 Å². The van der Waals surface area contributed by atoms with Crippen molar-refractivity contribution in [3.8, 4) is 0 Å². The van der Waals surface area contributed by atoms with Crippen molar-refractivity contribution >= 4 is 23.3 Å². The Bertz CT molecular complexity index is 365. The summed E-state index contributed by atoms with van der Waals surface area (Å²) in [6.45, 7) is 2.44. The molecule has 1 N–H and O–H groups in total. The van der Waals surface area contributed by atoms with Gasteiger partial charge in [-0.3, -0.25) is 4.79 Å². The van der Waals surface area contributed by atoms with Gasteiger partial charge in [0.25, 0.3) is 0 Å². The third-order valence-corrected chi connectivity index (χ3v) is 2.28. The van der Waals surface area contributed by atoms with Gasteiger partial charge in [-0.25, -0.2) is 4.39 Å². The molecule has 0 bridgehead atoms. The zero-order chi connectivity index (χ0) is 12.7. The third-order valence-electron chi connectivity index (χ3n) is 2.06. The number of hydrogen-bond acceptors (Lipinski definition) is 3. The normalized spacial score (nSPS) is 10.1. The van der Waals surface area contributed by atoms with E-state index in [1.807, 2.05) is 6.92 Å². The van der Waals surface area contributed by atoms with Crippen LogP contribution in [0.4, 0.5) is 10.1 Å². The Morgan fingerprint density at radius 2 is 2.24 bits per heavy atom. The van der Waals surface area contributed by atoms with Gasteiger partial charge < -0.3 is 10.1 Å². The molecule has 1 rings (SSSR count). The Hall–Kier alpha value is -1.29. The summed E-state index contributed by atoms with van der Waals surface area (Å²) in [4.78, 5) is 11.2. The zero-order valence-corrected chi connectivity index (χ0v) is 10.4. The first-order valence-corrected chi connectivity index (χ1v) is 5.85. The van der Waals surface area contributed by atoms with Crippen LogP contribution in [0.1, 0.15) is 19.8 Å². The van der Waals surface area contributed by atoms with Gasteiger partial charge in [-0.2, -0.15) is 0 Å². The van der Waals surface area contributed by atoms with E-state index in [0.717, 1.165) is 12.8 Å². The molecule has 0 unspecified atom stereocenters. The predicted molar refractivity (Wildman–Crippen MR) is 65.8 cm³/mol. The molecule has 1 aromatic carbocycles. The van der Waals surface area contributed by atoms with E-state index in [0.29, 0.717) is 12.3 Å². The Morgan fingerprint density at radius 3 is 2.88 bits per heavy atom. The van der Waals surface area contributed by atoms with Gasteiger partial charge in [0.1, 0.15) is 12.4 Å². The van der Waals surface area contributed by atoms with Crippen LogP contribution < -0.4 is 5.32 Å². The van der Waals surface area contributed by atoms with Crippen LogP contribution in [0.5, 0.6) is 0 Å². The van der Waals surface area contributed by atoms with Crippen molar-refractivity contribution < 1.29 is 13.9 Å². The first-order valence-electron chi connectivity index (χ1n) is 5.47. The van der Waals surface area contributed by atoms with Gasteiger partial charge in [0.05, 0.1) is 6.61 Å². The number of carbonyl (C=O) groups is 1. The molecule has 0 saturated heterocycles. The summed E-state index contributed by atoms with van der Waals surface area (Å²) in [5.74, 6) is -0.807. The maximum atomic E-state index is 13.0. The van der Waals surface area contributed by atoms with Crippen molar-refractivity contribution in [1.82, 2.24) is 0 Å². The number of rotatable bonds is 6. The van der Waals surface area contributed by atoms with Gasteiger partial charge in [0, 0.05) is 10.7 Å². The molecule has 0 aliphatic rings. The van der Waals surface area contributed by atoms with Gasteiger partial charge >= 0.3 is 5.97 Å². The van der Waals surface area contributed by atoms with E-state index in [9.17, 15) is 9.18 Å². The molecule has 0 aromatic heterocycles. The molecule has 0 atom stereocenters. The van der Waals surface area contributed by atoms with Crippen LogP contribution in [0, 0.1) is 5.82 Å². The van der Waals surface area contributed by atoms with Crippen LogP contribution in [0.25, 0.3) is 0 Å². The molecule has 0 spiro atoms. The molecule has 0 aliphatic heterocycles. The molecule has 0 saturated carbocycles. The number of halogens is 2. The molecular formula is C12H15ClFNO2. The lowest BCUT2D eigenvalue weighted by atomic mass is 10.3. The lowest BCUT2D eigenvalue weighted by Crippen LogP contribution is -2.17. The van der Waals surface area contributed by atoms with Gasteiger partial charge in [-0.05, 0) is 24.6 Å². The Labute approximate surface area is 105 Å². The maximum absolute atomic E-state index is 13.0. The fraction of sp³-hybridized carbons (Fsp3) is 0.417. The Kier molecular flexibility index (Phi) is 5.77. The fourth-order valence-electron chi connectivity index (χ4n) is 1.21. The molecule has 3 nitrogen and oxygen atoms in total. The highest BCUT2D eigenvalue weighted by Crippen LogP contribution is 2.17. The van der Waals surface area contributed by atoms with Crippen LogP contribution >= 0.6 is 11.6 Å². The highest BCUT2D eigenvalue weighted by Gasteiger charge is 2.04. The monoisotopic (exact) mass is 259 g/mol. The summed E-state index contributed by atoms with van der Waals surface area (Å²) >= 11 is 5.67. The van der Waals surface area contributed by atoms with Crippen LogP contribution in [0.3, 0.4) is 0 Å². The lowest BCUT2D eigenvalue weighted by Gasteiger charge is -2.07. The molecule has 0 amide bonds. The second-order valence-corrected chi connectivity index (χ2v) is 4.02. The first kappa shape index (κ1) is 13.8. The number of esters is 1. The molecule has 17 heavy (non-hydrogen) atoms. The SMILES string of the molecule is CCCCOC(=O)CNc1cc(F)cc(Cl)c1. The fourth-order valence-corrected chi connectivity index (χ4v) is 1.43. The standard InChI is InChI=1S/C12H15ClFNO2/c1-2-3-4-17-12(16)8-15-11-6-9(13)5-10(14)7-11/h5-7,15H,2-4,8H2,1H3. The van der Waals surface area contributed by atoms with E-state index in [1.165, 1.54) is 12.1 Å². The van der Waals surface area contributed by atoms with E-state index in [1.54, 1.807) is 6.07 Å². The van der Waals surface area contributed by atoms with Crippen LogP contribution in [0.2, 0.25) is 5.02 Å². The third kappa shape index (κ3) is 5.54. The summed E-state index contributed by atoms with van der Waals surface area (Å²) in [5.41, 5.74) is 0.461. The molecular weight excluding hydrogens is 245 g/mol. The minimum absolute atomic E-state index is 0.00347. The van der Waals surface area contributed by atoms with Crippen LogP contribution in [-0.2, 0) is 9.53 Å². The van der Waals surface area contributed by atoms with Crippen molar-refractivity contribution in [2.24, 2.45) is 0 Å².